The van der Waals surface area contributed by atoms with Gasteiger partial charge in [-0.25, -0.2) is 19.7 Å². The standard InChI is InChI=1S/C11H9N5O2S2/c1-4-6-8(19-7(4)10(17)18)12-3-13-9(6)20-11-14-5(2)15-16-11/h3H,1-2H3,(H,17,18)(H,14,15,16). The predicted molar refractivity (Wildman–Crippen MR) is 74.4 cm³/mol. The first-order valence-corrected chi connectivity index (χ1v) is 7.24. The van der Waals surface area contributed by atoms with Gasteiger partial charge in [0.25, 0.3) is 0 Å². The maximum Gasteiger partial charge on any atom is 0.346 e. The van der Waals surface area contributed by atoms with Gasteiger partial charge in [-0.05, 0) is 31.2 Å². The monoisotopic (exact) mass is 307 g/mol. The molecule has 0 saturated carbocycles. The minimum absolute atomic E-state index is 0.286. The molecular formula is C11H9N5O2S2. The van der Waals surface area contributed by atoms with E-state index in [1.165, 1.54) is 18.1 Å². The predicted octanol–water partition coefficient (Wildman–Crippen LogP) is 2.28. The van der Waals surface area contributed by atoms with Crippen molar-refractivity contribution in [1.29, 1.82) is 0 Å². The Morgan fingerprint density at radius 2 is 2.20 bits per heavy atom. The molecule has 3 aromatic rings. The molecule has 0 unspecified atom stereocenters. The fourth-order valence-electron chi connectivity index (χ4n) is 1.77. The van der Waals surface area contributed by atoms with Crippen LogP contribution in [0.1, 0.15) is 21.1 Å². The lowest BCUT2D eigenvalue weighted by Gasteiger charge is -1.99. The van der Waals surface area contributed by atoms with Crippen LogP contribution in [-0.4, -0.2) is 36.2 Å². The second-order valence-corrected chi connectivity index (χ2v) is 5.98. The lowest BCUT2D eigenvalue weighted by molar-refractivity contribution is 0.0701. The number of rotatable bonds is 3. The van der Waals surface area contributed by atoms with Crippen molar-refractivity contribution in [2.24, 2.45) is 0 Å². The minimum atomic E-state index is -0.949. The molecule has 3 rings (SSSR count). The molecule has 3 heterocycles. The highest BCUT2D eigenvalue weighted by Gasteiger charge is 2.19. The molecule has 0 bridgehead atoms. The van der Waals surface area contributed by atoms with E-state index in [1.54, 1.807) is 6.92 Å². The average Bonchev–Trinajstić information content (AvgIpc) is 2.95. The van der Waals surface area contributed by atoms with Gasteiger partial charge in [-0.1, -0.05) is 0 Å². The smallest absolute Gasteiger partial charge is 0.346 e. The Morgan fingerprint density at radius 1 is 1.40 bits per heavy atom. The molecule has 102 valence electrons. The molecule has 0 aromatic carbocycles. The van der Waals surface area contributed by atoms with Crippen LogP contribution in [0.2, 0.25) is 0 Å². The highest BCUT2D eigenvalue weighted by molar-refractivity contribution is 7.99. The number of hydrogen-bond donors (Lipinski definition) is 2. The lowest BCUT2D eigenvalue weighted by Crippen LogP contribution is -1.94. The van der Waals surface area contributed by atoms with Crippen molar-refractivity contribution in [3.63, 3.8) is 0 Å². The first-order chi connectivity index (χ1) is 9.56. The molecule has 9 heteroatoms. The summed E-state index contributed by atoms with van der Waals surface area (Å²) >= 11 is 2.44. The largest absolute Gasteiger partial charge is 0.477 e. The first kappa shape index (κ1) is 13.0. The molecule has 3 aromatic heterocycles. The third-order valence-corrected chi connectivity index (χ3v) is 4.71. The summed E-state index contributed by atoms with van der Waals surface area (Å²) in [5.74, 6) is -0.235. The fraction of sp³-hybridized carbons (Fsp3) is 0.182. The van der Waals surface area contributed by atoms with E-state index in [9.17, 15) is 9.90 Å². The molecule has 0 spiro atoms. The number of carboxylic acid groups (broad SMARTS) is 1. The summed E-state index contributed by atoms with van der Waals surface area (Å²) in [6, 6.07) is 0. The van der Waals surface area contributed by atoms with Crippen LogP contribution in [-0.2, 0) is 0 Å². The Balaban J connectivity index is 2.13. The summed E-state index contributed by atoms with van der Waals surface area (Å²) in [4.78, 5) is 24.7. The Kier molecular flexibility index (Phi) is 3.14. The number of nitrogens with one attached hydrogen (secondary N) is 1. The van der Waals surface area contributed by atoms with Crippen molar-refractivity contribution < 1.29 is 9.90 Å². The molecule has 2 N–H and O–H groups in total. The van der Waals surface area contributed by atoms with Gasteiger partial charge in [-0.15, -0.1) is 16.4 Å². The number of thiophene rings is 1. The molecule has 7 nitrogen and oxygen atoms in total. The number of nitrogens with zero attached hydrogens (tertiary/aromatic N) is 4. The van der Waals surface area contributed by atoms with Gasteiger partial charge in [-0.2, -0.15) is 0 Å². The second-order valence-electron chi connectivity index (χ2n) is 4.03. The maximum absolute atomic E-state index is 11.2. The van der Waals surface area contributed by atoms with Crippen LogP contribution in [0.3, 0.4) is 0 Å². The molecule has 0 fully saturated rings. The van der Waals surface area contributed by atoms with Gasteiger partial charge in [0.15, 0.2) is 0 Å². The number of aromatic nitrogens is 5. The summed E-state index contributed by atoms with van der Waals surface area (Å²) in [6.45, 7) is 3.57. The number of aromatic amines is 1. The van der Waals surface area contributed by atoms with Crippen molar-refractivity contribution in [3.8, 4) is 0 Å². The van der Waals surface area contributed by atoms with Crippen LogP contribution in [0.15, 0.2) is 16.5 Å². The van der Waals surface area contributed by atoms with Crippen molar-refractivity contribution >= 4 is 39.3 Å². The van der Waals surface area contributed by atoms with Crippen LogP contribution >= 0.6 is 23.1 Å². The average molecular weight is 307 g/mol. The summed E-state index contributed by atoms with van der Waals surface area (Å²) in [5, 5.41) is 17.9. The highest BCUT2D eigenvalue weighted by Crippen LogP contribution is 2.36. The molecule has 0 aliphatic carbocycles. The Hall–Kier alpha value is -2.00. The van der Waals surface area contributed by atoms with Gasteiger partial charge in [-0.3, -0.25) is 5.10 Å². The molecule has 0 saturated heterocycles. The topological polar surface area (TPSA) is 105 Å². The summed E-state index contributed by atoms with van der Waals surface area (Å²) in [5.41, 5.74) is 0.674. The summed E-state index contributed by atoms with van der Waals surface area (Å²) < 4.78 is 0. The van der Waals surface area contributed by atoms with Crippen molar-refractivity contribution in [2.75, 3.05) is 0 Å². The van der Waals surface area contributed by atoms with Crippen LogP contribution in [0, 0.1) is 13.8 Å². The SMILES string of the molecule is Cc1nc(Sc2ncnc3sc(C(=O)O)c(C)c23)n[nH]1. The van der Waals surface area contributed by atoms with Gasteiger partial charge in [0.05, 0.1) is 0 Å². The normalized spacial score (nSPS) is 11.1. The minimum Gasteiger partial charge on any atom is -0.477 e. The number of fused-ring (bicyclic) bond motifs is 1. The van der Waals surface area contributed by atoms with Gasteiger partial charge in [0, 0.05) is 5.39 Å². The van der Waals surface area contributed by atoms with Gasteiger partial charge in [0.1, 0.15) is 26.9 Å². The molecule has 0 amide bonds. The summed E-state index contributed by atoms with van der Waals surface area (Å²) in [7, 11) is 0. The molecule has 0 atom stereocenters. The Morgan fingerprint density at radius 3 is 2.85 bits per heavy atom. The van der Waals surface area contributed by atoms with E-state index in [-0.39, 0.29) is 4.88 Å². The van der Waals surface area contributed by atoms with Crippen molar-refractivity contribution in [3.05, 3.63) is 22.6 Å². The number of aromatic carboxylic acids is 1. The molecular weight excluding hydrogens is 298 g/mol. The third-order valence-electron chi connectivity index (χ3n) is 2.65. The second kappa shape index (κ2) is 4.84. The van der Waals surface area contributed by atoms with Gasteiger partial charge in [0.2, 0.25) is 5.16 Å². The van der Waals surface area contributed by atoms with E-state index in [4.69, 9.17) is 0 Å². The number of aryl methyl sites for hydroxylation is 2. The first-order valence-electron chi connectivity index (χ1n) is 5.60. The molecule has 20 heavy (non-hydrogen) atoms. The van der Waals surface area contributed by atoms with E-state index >= 15 is 0 Å². The van der Waals surface area contributed by atoms with E-state index in [0.717, 1.165) is 16.7 Å². The molecule has 0 aliphatic heterocycles. The Bertz CT molecular complexity index is 810. The number of hydrogen-bond acceptors (Lipinski definition) is 7. The van der Waals surface area contributed by atoms with E-state index in [0.29, 0.717) is 26.4 Å². The van der Waals surface area contributed by atoms with Crippen LogP contribution in [0.25, 0.3) is 10.2 Å². The van der Waals surface area contributed by atoms with Gasteiger partial charge < -0.3 is 5.11 Å². The van der Waals surface area contributed by atoms with E-state index in [2.05, 4.69) is 25.1 Å². The zero-order valence-electron chi connectivity index (χ0n) is 10.5. The van der Waals surface area contributed by atoms with E-state index < -0.39 is 5.97 Å². The van der Waals surface area contributed by atoms with Crippen molar-refractivity contribution in [2.45, 2.75) is 24.0 Å². The zero-order valence-corrected chi connectivity index (χ0v) is 12.2. The zero-order chi connectivity index (χ0) is 14.3. The summed E-state index contributed by atoms with van der Waals surface area (Å²) in [6.07, 6.45) is 1.42. The van der Waals surface area contributed by atoms with Crippen LogP contribution in [0.5, 0.6) is 0 Å². The number of carbonyl (C=O) groups is 1. The number of carboxylic acids is 1. The fourth-order valence-corrected chi connectivity index (χ4v) is 3.73. The number of H-pyrrole nitrogens is 1. The molecule has 0 aliphatic rings. The van der Waals surface area contributed by atoms with Crippen LogP contribution < -0.4 is 0 Å². The maximum atomic E-state index is 11.2. The molecule has 0 radical (unpaired) electrons. The quantitative estimate of drug-likeness (QED) is 0.715. The lowest BCUT2D eigenvalue weighted by atomic mass is 10.2. The van der Waals surface area contributed by atoms with Crippen LogP contribution in [0.4, 0.5) is 0 Å². The van der Waals surface area contributed by atoms with Crippen molar-refractivity contribution in [1.82, 2.24) is 25.1 Å². The van der Waals surface area contributed by atoms with E-state index in [1.807, 2.05) is 6.92 Å². The Labute approximate surface area is 121 Å². The third kappa shape index (κ3) is 2.14. The van der Waals surface area contributed by atoms with Gasteiger partial charge >= 0.3 is 5.97 Å². The highest BCUT2D eigenvalue weighted by atomic mass is 32.2.